The van der Waals surface area contributed by atoms with Gasteiger partial charge in [-0.3, -0.25) is 4.79 Å². The lowest BCUT2D eigenvalue weighted by Crippen LogP contribution is -2.61. The summed E-state index contributed by atoms with van der Waals surface area (Å²) in [5, 5.41) is 0. The minimum absolute atomic E-state index is 0.0364. The predicted octanol–water partition coefficient (Wildman–Crippen LogP) is 1.62. The van der Waals surface area contributed by atoms with E-state index < -0.39 is 32.0 Å². The van der Waals surface area contributed by atoms with E-state index in [2.05, 4.69) is 0 Å². The Morgan fingerprint density at radius 2 is 1.32 bits per heavy atom. The van der Waals surface area contributed by atoms with Crippen LogP contribution in [0.1, 0.15) is 13.8 Å². The third kappa shape index (κ3) is 4.67. The lowest BCUT2D eigenvalue weighted by Gasteiger charge is -2.40. The normalized spacial score (nSPS) is 18.6. The second kappa shape index (κ2) is 9.47. The number of benzene rings is 2. The molecule has 168 valence electrons. The van der Waals surface area contributed by atoms with E-state index in [-0.39, 0.29) is 29.4 Å². The standard InChI is InChI=1S/C21H27N3O5S2/c1-3-22(4-2)21(25)20-17-23(30(26,27)18-11-7-5-8-12-18)15-16-24(20)31(28,29)19-13-9-6-10-14-19/h5-14,20H,3-4,15-17H2,1-2H3. The van der Waals surface area contributed by atoms with Crippen LogP contribution in [0.25, 0.3) is 0 Å². The quantitative estimate of drug-likeness (QED) is 0.619. The number of likely N-dealkylation sites (N-methyl/N-ethyl adjacent to an activating group) is 1. The van der Waals surface area contributed by atoms with Crippen LogP contribution in [0.2, 0.25) is 0 Å². The molecule has 0 N–H and O–H groups in total. The number of hydrogen-bond acceptors (Lipinski definition) is 5. The fourth-order valence-corrected chi connectivity index (χ4v) is 6.71. The van der Waals surface area contributed by atoms with Gasteiger partial charge < -0.3 is 4.90 Å². The summed E-state index contributed by atoms with van der Waals surface area (Å²) in [5.41, 5.74) is 0. The second-order valence-corrected chi connectivity index (χ2v) is 11.0. The molecule has 0 aromatic heterocycles. The molecule has 2 aromatic rings. The van der Waals surface area contributed by atoms with Crippen molar-refractivity contribution >= 4 is 26.0 Å². The molecule has 1 aliphatic rings. The molecule has 0 aliphatic carbocycles. The Morgan fingerprint density at radius 1 is 0.839 bits per heavy atom. The van der Waals surface area contributed by atoms with Gasteiger partial charge in [-0.2, -0.15) is 8.61 Å². The van der Waals surface area contributed by atoms with E-state index in [0.29, 0.717) is 13.1 Å². The van der Waals surface area contributed by atoms with Gasteiger partial charge in [0.05, 0.1) is 9.79 Å². The highest BCUT2D eigenvalue weighted by molar-refractivity contribution is 7.89. The molecule has 0 bridgehead atoms. The highest BCUT2D eigenvalue weighted by Gasteiger charge is 2.44. The molecule has 10 heteroatoms. The summed E-state index contributed by atoms with van der Waals surface area (Å²) in [6.45, 7) is 4.02. The Morgan fingerprint density at radius 3 is 1.81 bits per heavy atom. The number of amides is 1. The van der Waals surface area contributed by atoms with Crippen molar-refractivity contribution in [2.45, 2.75) is 29.7 Å². The van der Waals surface area contributed by atoms with E-state index in [4.69, 9.17) is 0 Å². The molecule has 1 aliphatic heterocycles. The summed E-state index contributed by atoms with van der Waals surface area (Å²) < 4.78 is 55.2. The van der Waals surface area contributed by atoms with Gasteiger partial charge in [0.1, 0.15) is 6.04 Å². The van der Waals surface area contributed by atoms with Crippen LogP contribution in [0.15, 0.2) is 70.5 Å². The molecule has 0 spiro atoms. The van der Waals surface area contributed by atoms with E-state index in [0.717, 1.165) is 4.31 Å². The number of rotatable bonds is 7. The van der Waals surface area contributed by atoms with E-state index in [9.17, 15) is 21.6 Å². The van der Waals surface area contributed by atoms with Gasteiger partial charge in [0.25, 0.3) is 0 Å². The summed E-state index contributed by atoms with van der Waals surface area (Å²) in [4.78, 5) is 15.0. The van der Waals surface area contributed by atoms with Crippen molar-refractivity contribution in [3.8, 4) is 0 Å². The number of nitrogens with zero attached hydrogens (tertiary/aromatic N) is 3. The molecule has 1 heterocycles. The van der Waals surface area contributed by atoms with Crippen LogP contribution in [-0.2, 0) is 24.8 Å². The van der Waals surface area contributed by atoms with Crippen molar-refractivity contribution in [2.75, 3.05) is 32.7 Å². The summed E-state index contributed by atoms with van der Waals surface area (Å²) >= 11 is 0. The molecule has 2 aromatic carbocycles. The SMILES string of the molecule is CCN(CC)C(=O)C1CN(S(=O)(=O)c2ccccc2)CCN1S(=O)(=O)c1ccccc1. The second-order valence-electron chi connectivity index (χ2n) is 7.13. The van der Waals surface area contributed by atoms with Gasteiger partial charge in [-0.15, -0.1) is 0 Å². The molecular formula is C21H27N3O5S2. The summed E-state index contributed by atoms with van der Waals surface area (Å²) in [5.74, 6) is -0.405. The molecule has 3 rings (SSSR count). The molecule has 8 nitrogen and oxygen atoms in total. The monoisotopic (exact) mass is 465 g/mol. The highest BCUT2D eigenvalue weighted by atomic mass is 32.2. The first-order valence-electron chi connectivity index (χ1n) is 10.1. The smallest absolute Gasteiger partial charge is 0.243 e. The molecule has 31 heavy (non-hydrogen) atoms. The Hall–Kier alpha value is -2.27. The fourth-order valence-electron chi connectivity index (χ4n) is 3.66. The topological polar surface area (TPSA) is 95.1 Å². The molecule has 1 fully saturated rings. The zero-order valence-electron chi connectivity index (χ0n) is 17.6. The van der Waals surface area contributed by atoms with Gasteiger partial charge in [-0.25, -0.2) is 16.8 Å². The van der Waals surface area contributed by atoms with Gasteiger partial charge in [0.15, 0.2) is 0 Å². The predicted molar refractivity (Wildman–Crippen MR) is 117 cm³/mol. The van der Waals surface area contributed by atoms with Crippen LogP contribution in [0.3, 0.4) is 0 Å². The largest absolute Gasteiger partial charge is 0.342 e. The molecule has 0 radical (unpaired) electrons. The van der Waals surface area contributed by atoms with Gasteiger partial charge in [-0.05, 0) is 38.1 Å². The zero-order chi connectivity index (χ0) is 22.6. The van der Waals surface area contributed by atoms with E-state index in [1.165, 1.54) is 33.5 Å². The number of carbonyl (C=O) groups is 1. The number of sulfonamides is 2. The lowest BCUT2D eigenvalue weighted by atomic mass is 10.2. The first-order valence-corrected chi connectivity index (χ1v) is 13.0. The van der Waals surface area contributed by atoms with Crippen LogP contribution in [0.5, 0.6) is 0 Å². The van der Waals surface area contributed by atoms with Crippen LogP contribution in [0.4, 0.5) is 0 Å². The maximum absolute atomic E-state index is 13.3. The van der Waals surface area contributed by atoms with Crippen LogP contribution in [0, 0.1) is 0 Å². The lowest BCUT2D eigenvalue weighted by molar-refractivity contribution is -0.136. The zero-order valence-corrected chi connectivity index (χ0v) is 19.2. The molecular weight excluding hydrogens is 438 g/mol. The van der Waals surface area contributed by atoms with Crippen LogP contribution < -0.4 is 0 Å². The maximum atomic E-state index is 13.3. The van der Waals surface area contributed by atoms with Crippen molar-refractivity contribution in [3.63, 3.8) is 0 Å². The third-order valence-electron chi connectivity index (χ3n) is 5.38. The van der Waals surface area contributed by atoms with Crippen molar-refractivity contribution in [1.29, 1.82) is 0 Å². The molecule has 1 atom stereocenters. The van der Waals surface area contributed by atoms with Gasteiger partial charge in [0, 0.05) is 32.7 Å². The third-order valence-corrected chi connectivity index (χ3v) is 9.19. The summed E-state index contributed by atoms with van der Waals surface area (Å²) in [6.07, 6.45) is 0. The van der Waals surface area contributed by atoms with Crippen molar-refractivity contribution in [1.82, 2.24) is 13.5 Å². The summed E-state index contributed by atoms with van der Waals surface area (Å²) in [6, 6.07) is 14.7. The average molecular weight is 466 g/mol. The maximum Gasteiger partial charge on any atom is 0.243 e. The van der Waals surface area contributed by atoms with Crippen molar-refractivity contribution in [3.05, 3.63) is 60.7 Å². The van der Waals surface area contributed by atoms with Crippen LogP contribution >= 0.6 is 0 Å². The fraction of sp³-hybridized carbons (Fsp3) is 0.381. The molecule has 1 amide bonds. The van der Waals surface area contributed by atoms with E-state index >= 15 is 0 Å². The van der Waals surface area contributed by atoms with Gasteiger partial charge >= 0.3 is 0 Å². The van der Waals surface area contributed by atoms with E-state index in [1.54, 1.807) is 50.2 Å². The Balaban J connectivity index is 2.00. The first-order chi connectivity index (χ1) is 14.7. The van der Waals surface area contributed by atoms with E-state index in [1.807, 2.05) is 0 Å². The van der Waals surface area contributed by atoms with Crippen LogP contribution in [-0.4, -0.2) is 75.0 Å². The Bertz CT molecular complexity index is 1100. The first kappa shape index (κ1) is 23.4. The van der Waals surface area contributed by atoms with Gasteiger partial charge in [-0.1, -0.05) is 36.4 Å². The highest BCUT2D eigenvalue weighted by Crippen LogP contribution is 2.26. The minimum atomic E-state index is -3.98. The number of hydrogen-bond donors (Lipinski definition) is 0. The number of carbonyl (C=O) groups excluding carboxylic acids is 1. The Kier molecular flexibility index (Phi) is 7.15. The van der Waals surface area contributed by atoms with Crippen molar-refractivity contribution < 1.29 is 21.6 Å². The van der Waals surface area contributed by atoms with Crippen molar-refractivity contribution in [2.24, 2.45) is 0 Å². The Labute approximate surface area is 184 Å². The molecule has 0 saturated carbocycles. The number of piperazine rings is 1. The molecule has 1 unspecified atom stereocenters. The van der Waals surface area contributed by atoms with Gasteiger partial charge in [0.2, 0.25) is 26.0 Å². The minimum Gasteiger partial charge on any atom is -0.342 e. The molecule has 1 saturated heterocycles. The summed E-state index contributed by atoms with van der Waals surface area (Å²) in [7, 11) is -7.84. The average Bonchev–Trinajstić information content (AvgIpc) is 2.80.